The van der Waals surface area contributed by atoms with Gasteiger partial charge in [-0.3, -0.25) is 0 Å². The summed E-state index contributed by atoms with van der Waals surface area (Å²) in [5, 5.41) is 11.3. The van der Waals surface area contributed by atoms with E-state index in [2.05, 4.69) is 6.07 Å². The summed E-state index contributed by atoms with van der Waals surface area (Å²) >= 11 is 1.55. The van der Waals surface area contributed by atoms with Gasteiger partial charge in [0.2, 0.25) is 0 Å². The molecule has 1 atom stereocenters. The summed E-state index contributed by atoms with van der Waals surface area (Å²) in [5.41, 5.74) is 4.71. The van der Waals surface area contributed by atoms with E-state index in [9.17, 15) is 9.90 Å². The van der Waals surface area contributed by atoms with E-state index in [1.54, 1.807) is 11.3 Å². The van der Waals surface area contributed by atoms with Gasteiger partial charge in [0.25, 0.3) is 0 Å². The van der Waals surface area contributed by atoms with E-state index in [0.29, 0.717) is 11.5 Å². The van der Waals surface area contributed by atoms with E-state index in [-0.39, 0.29) is 5.97 Å². The van der Waals surface area contributed by atoms with Gasteiger partial charge < -0.3 is 14.7 Å². The van der Waals surface area contributed by atoms with Crippen LogP contribution in [0.25, 0.3) is 10.6 Å². The van der Waals surface area contributed by atoms with Crippen molar-refractivity contribution in [2.45, 2.75) is 63.4 Å². The highest BCUT2D eigenvalue weighted by molar-refractivity contribution is 7.15. The lowest BCUT2D eigenvalue weighted by Gasteiger charge is -2.27. The minimum atomic E-state index is -0.439. The number of aliphatic hydroxyl groups is 1. The third-order valence-corrected chi connectivity index (χ3v) is 7.47. The number of benzene rings is 1. The molecule has 0 amide bonds. The van der Waals surface area contributed by atoms with Gasteiger partial charge >= 0.3 is 5.97 Å². The summed E-state index contributed by atoms with van der Waals surface area (Å²) in [5.74, 6) is 0.0994. The van der Waals surface area contributed by atoms with Gasteiger partial charge in [0.05, 0.1) is 29.3 Å². The van der Waals surface area contributed by atoms with E-state index < -0.39 is 6.10 Å². The van der Waals surface area contributed by atoms with Crippen LogP contribution in [0.4, 0.5) is 5.69 Å². The van der Waals surface area contributed by atoms with E-state index >= 15 is 0 Å². The van der Waals surface area contributed by atoms with Crippen molar-refractivity contribution in [1.82, 2.24) is 4.98 Å². The molecule has 1 aromatic heterocycles. The number of nitrogens with zero attached hydrogens (tertiary/aromatic N) is 2. The van der Waals surface area contributed by atoms with Gasteiger partial charge in [-0.05, 0) is 55.7 Å². The van der Waals surface area contributed by atoms with Crippen LogP contribution >= 0.6 is 11.3 Å². The summed E-state index contributed by atoms with van der Waals surface area (Å²) in [4.78, 5) is 20.7. The van der Waals surface area contributed by atoms with Crippen molar-refractivity contribution in [1.29, 1.82) is 0 Å². The third kappa shape index (κ3) is 3.92. The minimum absolute atomic E-state index is 0.325. The lowest BCUT2D eigenvalue weighted by molar-refractivity contribution is 0.0601. The minimum Gasteiger partial charge on any atom is -0.465 e. The predicted octanol–water partition coefficient (Wildman–Crippen LogP) is 5.08. The fourth-order valence-corrected chi connectivity index (χ4v) is 5.87. The molecular weight excluding hydrogens is 384 g/mol. The molecule has 156 valence electrons. The first-order valence-corrected chi connectivity index (χ1v) is 11.4. The quantitative estimate of drug-likeness (QED) is 0.707. The number of ether oxygens (including phenoxy) is 1. The van der Waals surface area contributed by atoms with Crippen LogP contribution in [0.15, 0.2) is 12.1 Å². The lowest BCUT2D eigenvalue weighted by atomic mass is 9.80. The molecule has 5 nitrogen and oxygen atoms in total. The molecule has 29 heavy (non-hydrogen) atoms. The molecule has 0 spiro atoms. The van der Waals surface area contributed by atoms with Crippen molar-refractivity contribution in [3.8, 4) is 10.6 Å². The van der Waals surface area contributed by atoms with Gasteiger partial charge in [-0.1, -0.05) is 19.3 Å². The molecule has 4 rings (SSSR count). The molecule has 1 saturated carbocycles. The monoisotopic (exact) mass is 414 g/mol. The third-order valence-electron chi connectivity index (χ3n) is 6.26. The number of fused-ring (bicyclic) bond motifs is 1. The molecule has 1 heterocycles. The number of rotatable bonds is 4. The van der Waals surface area contributed by atoms with Crippen LogP contribution in [0, 0.1) is 0 Å². The summed E-state index contributed by atoms with van der Waals surface area (Å²) in [6, 6.07) is 4.15. The number of carbonyl (C=O) groups excluding carboxylic acids is 1. The highest BCUT2D eigenvalue weighted by Gasteiger charge is 2.30. The Hall–Kier alpha value is -1.92. The fourth-order valence-electron chi connectivity index (χ4n) is 4.66. The maximum atomic E-state index is 12.8. The first-order valence-electron chi connectivity index (χ1n) is 10.6. The zero-order valence-electron chi connectivity index (χ0n) is 17.5. The molecule has 0 radical (unpaired) electrons. The molecule has 0 bridgehead atoms. The number of aryl methyl sites for hydroxylation is 1. The van der Waals surface area contributed by atoms with Gasteiger partial charge in [-0.15, -0.1) is 11.3 Å². The van der Waals surface area contributed by atoms with Gasteiger partial charge in [0.1, 0.15) is 5.01 Å². The topological polar surface area (TPSA) is 62.7 Å². The molecule has 1 unspecified atom stereocenters. The molecule has 0 saturated heterocycles. The number of hydrogen-bond donors (Lipinski definition) is 1. The molecule has 1 fully saturated rings. The van der Waals surface area contributed by atoms with Crippen molar-refractivity contribution < 1.29 is 14.6 Å². The number of hydrogen-bond acceptors (Lipinski definition) is 6. The van der Waals surface area contributed by atoms with Crippen LogP contribution in [0.2, 0.25) is 0 Å². The molecule has 2 aliphatic rings. The Balaban J connectivity index is 1.93. The molecule has 2 aromatic rings. The van der Waals surface area contributed by atoms with E-state index in [0.717, 1.165) is 58.9 Å². The van der Waals surface area contributed by atoms with Gasteiger partial charge in [-0.25, -0.2) is 9.78 Å². The Labute approximate surface area is 176 Å². The van der Waals surface area contributed by atoms with E-state index in [4.69, 9.17) is 9.72 Å². The standard InChI is InChI=1S/C23H30N2O3S/c1-25(2)15-12-16(14-8-5-4-6-9-14)20(17(13-15)23(27)28-3)22-24-18-10-7-11-19(26)21(18)29-22/h12-14,19,26H,4-11H2,1-3H3. The highest BCUT2D eigenvalue weighted by atomic mass is 32.1. The maximum Gasteiger partial charge on any atom is 0.338 e. The Morgan fingerprint density at radius 3 is 2.59 bits per heavy atom. The Kier molecular flexibility index (Phi) is 5.93. The average Bonchev–Trinajstić information content (AvgIpc) is 3.18. The van der Waals surface area contributed by atoms with Crippen LogP contribution in [0.5, 0.6) is 0 Å². The normalized spacial score (nSPS) is 19.7. The van der Waals surface area contributed by atoms with Gasteiger partial charge in [0.15, 0.2) is 0 Å². The van der Waals surface area contributed by atoms with Crippen molar-refractivity contribution in [2.24, 2.45) is 0 Å². The number of aromatic nitrogens is 1. The van der Waals surface area contributed by atoms with E-state index in [1.165, 1.54) is 31.9 Å². The predicted molar refractivity (Wildman–Crippen MR) is 117 cm³/mol. The van der Waals surface area contributed by atoms with Gasteiger partial charge in [-0.2, -0.15) is 0 Å². The first-order chi connectivity index (χ1) is 14.0. The SMILES string of the molecule is COC(=O)c1cc(N(C)C)cc(C2CCCCC2)c1-c1nc2c(s1)C(O)CCC2. The second-order valence-corrected chi connectivity index (χ2v) is 9.45. The molecule has 1 N–H and O–H groups in total. The van der Waals surface area contributed by atoms with Crippen LogP contribution < -0.4 is 4.90 Å². The molecule has 1 aromatic carbocycles. The summed E-state index contributed by atoms with van der Waals surface area (Å²) < 4.78 is 5.17. The Morgan fingerprint density at radius 2 is 1.93 bits per heavy atom. The molecule has 6 heteroatoms. The number of methoxy groups -OCH3 is 1. The van der Waals surface area contributed by atoms with Crippen LogP contribution in [0.3, 0.4) is 0 Å². The highest BCUT2D eigenvalue weighted by Crippen LogP contribution is 2.45. The van der Waals surface area contributed by atoms with Crippen molar-refractivity contribution in [2.75, 3.05) is 26.1 Å². The lowest BCUT2D eigenvalue weighted by Crippen LogP contribution is -2.15. The number of aliphatic hydroxyl groups excluding tert-OH is 1. The van der Waals surface area contributed by atoms with E-state index in [1.807, 2.05) is 25.1 Å². The zero-order valence-corrected chi connectivity index (χ0v) is 18.3. The van der Waals surface area contributed by atoms with Crippen LogP contribution in [-0.2, 0) is 11.2 Å². The Bertz CT molecular complexity index is 900. The average molecular weight is 415 g/mol. The number of carbonyl (C=O) groups is 1. The summed E-state index contributed by atoms with van der Waals surface area (Å²) in [6.07, 6.45) is 8.19. The second kappa shape index (κ2) is 8.44. The number of anilines is 1. The van der Waals surface area contributed by atoms with Crippen LogP contribution in [-0.4, -0.2) is 37.3 Å². The number of esters is 1. The largest absolute Gasteiger partial charge is 0.465 e. The first kappa shape index (κ1) is 20.4. The van der Waals surface area contributed by atoms with Crippen molar-refractivity contribution in [3.63, 3.8) is 0 Å². The summed E-state index contributed by atoms with van der Waals surface area (Å²) in [7, 11) is 5.43. The molecule has 0 aliphatic heterocycles. The smallest absolute Gasteiger partial charge is 0.338 e. The Morgan fingerprint density at radius 1 is 1.17 bits per heavy atom. The van der Waals surface area contributed by atoms with Crippen molar-refractivity contribution >= 4 is 23.0 Å². The summed E-state index contributed by atoms with van der Waals surface area (Å²) in [6.45, 7) is 0. The maximum absolute atomic E-state index is 12.8. The van der Waals surface area contributed by atoms with Gasteiger partial charge in [0, 0.05) is 25.3 Å². The molecule has 2 aliphatic carbocycles. The van der Waals surface area contributed by atoms with Crippen LogP contribution in [0.1, 0.15) is 83.5 Å². The zero-order chi connectivity index (χ0) is 20.5. The second-order valence-electron chi connectivity index (χ2n) is 8.42. The fraction of sp³-hybridized carbons (Fsp3) is 0.565. The molecular formula is C23H30N2O3S. The number of thiazole rings is 1. The van der Waals surface area contributed by atoms with Crippen molar-refractivity contribution in [3.05, 3.63) is 33.8 Å².